The third-order valence-electron chi connectivity index (χ3n) is 4.73. The van der Waals surface area contributed by atoms with Crippen LogP contribution in [0.25, 0.3) is 11.1 Å². The fourth-order valence-electron chi connectivity index (χ4n) is 3.23. The number of benzene rings is 2. The molecule has 0 fully saturated rings. The minimum absolute atomic E-state index is 0.352. The van der Waals surface area contributed by atoms with E-state index in [0.29, 0.717) is 23.5 Å². The molecule has 0 aromatic heterocycles. The third kappa shape index (κ3) is 3.31. The van der Waals surface area contributed by atoms with Crippen LogP contribution in [0.2, 0.25) is 0 Å². The van der Waals surface area contributed by atoms with Gasteiger partial charge >= 0.3 is 6.09 Å². The summed E-state index contributed by atoms with van der Waals surface area (Å²) in [6.07, 6.45) is -0.209. The number of halogens is 1. The molecule has 1 aliphatic rings. The van der Waals surface area contributed by atoms with Crippen LogP contribution in [0.4, 0.5) is 9.18 Å². The highest BCUT2D eigenvalue weighted by Crippen LogP contribution is 2.44. The molecule has 1 unspecified atom stereocenters. The summed E-state index contributed by atoms with van der Waals surface area (Å²) >= 11 is 0. The van der Waals surface area contributed by atoms with E-state index in [1.165, 1.54) is 11.6 Å². The molecule has 4 nitrogen and oxygen atoms in total. The molecule has 1 aliphatic heterocycles. The molecule has 0 radical (unpaired) electrons. The van der Waals surface area contributed by atoms with Crippen molar-refractivity contribution in [3.05, 3.63) is 53.3 Å². The van der Waals surface area contributed by atoms with E-state index < -0.39 is 17.6 Å². The minimum Gasteiger partial charge on any atom is -0.493 e. The Morgan fingerprint density at radius 1 is 1.32 bits per heavy atom. The molecule has 132 valence electrons. The van der Waals surface area contributed by atoms with Gasteiger partial charge in [0.1, 0.15) is 11.6 Å². The molecule has 0 saturated heterocycles. The van der Waals surface area contributed by atoms with Gasteiger partial charge in [-0.1, -0.05) is 45.0 Å². The smallest absolute Gasteiger partial charge is 0.405 e. The molecule has 0 spiro atoms. The molecule has 2 N–H and O–H groups in total. The maximum atomic E-state index is 14.8. The summed E-state index contributed by atoms with van der Waals surface area (Å²) in [5.41, 5.74) is 2.47. The molecule has 1 amide bonds. The second-order valence-electron chi connectivity index (χ2n) is 7.08. The van der Waals surface area contributed by atoms with Gasteiger partial charge in [-0.3, -0.25) is 0 Å². The van der Waals surface area contributed by atoms with E-state index in [0.717, 1.165) is 12.0 Å². The van der Waals surface area contributed by atoms with Gasteiger partial charge < -0.3 is 15.2 Å². The van der Waals surface area contributed by atoms with Crippen molar-refractivity contribution >= 4 is 6.09 Å². The Kier molecular flexibility index (Phi) is 4.41. The predicted molar refractivity (Wildman–Crippen MR) is 94.4 cm³/mol. The van der Waals surface area contributed by atoms with Gasteiger partial charge in [-0.2, -0.15) is 0 Å². The highest BCUT2D eigenvalue weighted by Gasteiger charge is 2.39. The predicted octanol–water partition coefficient (Wildman–Crippen LogP) is 4.78. The zero-order valence-corrected chi connectivity index (χ0v) is 14.6. The van der Waals surface area contributed by atoms with Crippen molar-refractivity contribution in [1.29, 1.82) is 0 Å². The zero-order valence-electron chi connectivity index (χ0n) is 14.6. The van der Waals surface area contributed by atoms with Crippen LogP contribution in [0.5, 0.6) is 5.75 Å². The molecule has 2 aromatic rings. The molecule has 1 heterocycles. The van der Waals surface area contributed by atoms with Crippen LogP contribution in [0.15, 0.2) is 36.4 Å². The zero-order chi connectivity index (χ0) is 18.2. The number of carbonyl (C=O) groups is 1. The normalized spacial score (nSPS) is 18.2. The minimum atomic E-state index is -1.13. The Bertz CT molecular complexity index is 799. The van der Waals surface area contributed by atoms with Gasteiger partial charge in [0.15, 0.2) is 0 Å². The first-order valence-corrected chi connectivity index (χ1v) is 8.37. The topological polar surface area (TPSA) is 58.6 Å². The molecule has 5 heteroatoms. The number of ether oxygens (including phenoxy) is 1. The highest BCUT2D eigenvalue weighted by molar-refractivity contribution is 5.69. The molecule has 0 aliphatic carbocycles. The summed E-state index contributed by atoms with van der Waals surface area (Å²) in [5.74, 6) is 0.135. The van der Waals surface area contributed by atoms with E-state index >= 15 is 0 Å². The number of fused-ring (bicyclic) bond motifs is 1. The van der Waals surface area contributed by atoms with Crippen molar-refractivity contribution in [3.8, 4) is 16.9 Å². The van der Waals surface area contributed by atoms with Crippen LogP contribution in [-0.2, 0) is 6.42 Å². The average molecular weight is 343 g/mol. The van der Waals surface area contributed by atoms with Crippen LogP contribution in [0.1, 0.15) is 37.9 Å². The fourth-order valence-corrected chi connectivity index (χ4v) is 3.23. The maximum Gasteiger partial charge on any atom is 0.405 e. The number of aryl methyl sites for hydroxylation is 1. The monoisotopic (exact) mass is 343 g/mol. The number of rotatable bonds is 3. The van der Waals surface area contributed by atoms with Crippen LogP contribution in [0.3, 0.4) is 0 Å². The summed E-state index contributed by atoms with van der Waals surface area (Å²) in [5, 5.41) is 11.6. The Morgan fingerprint density at radius 2 is 2.00 bits per heavy atom. The van der Waals surface area contributed by atoms with Crippen LogP contribution in [-0.4, -0.2) is 17.8 Å². The van der Waals surface area contributed by atoms with Gasteiger partial charge in [0.2, 0.25) is 0 Å². The van der Waals surface area contributed by atoms with Crippen molar-refractivity contribution in [2.24, 2.45) is 5.41 Å². The lowest BCUT2D eigenvalue weighted by Gasteiger charge is -2.39. The Labute approximate surface area is 146 Å². The van der Waals surface area contributed by atoms with E-state index in [9.17, 15) is 9.18 Å². The third-order valence-corrected chi connectivity index (χ3v) is 4.73. The van der Waals surface area contributed by atoms with E-state index in [2.05, 4.69) is 12.2 Å². The van der Waals surface area contributed by atoms with Gasteiger partial charge in [-0.15, -0.1) is 0 Å². The maximum absolute atomic E-state index is 14.8. The molecular weight excluding hydrogens is 321 g/mol. The molecular formula is C20H22FNO3. The molecule has 0 saturated carbocycles. The lowest BCUT2D eigenvalue weighted by Crippen LogP contribution is -2.43. The Balaban J connectivity index is 2.05. The van der Waals surface area contributed by atoms with Crippen molar-refractivity contribution < 1.29 is 19.0 Å². The summed E-state index contributed by atoms with van der Waals surface area (Å²) < 4.78 is 20.6. The number of amides is 1. The lowest BCUT2D eigenvalue weighted by molar-refractivity contribution is 0.0992. The highest BCUT2D eigenvalue weighted by atomic mass is 19.1. The fraction of sp³-hybridized carbons (Fsp3) is 0.350. The lowest BCUT2D eigenvalue weighted by atomic mass is 9.78. The number of hydrogen-bond donors (Lipinski definition) is 2. The average Bonchev–Trinajstić information content (AvgIpc) is 2.57. The van der Waals surface area contributed by atoms with Crippen molar-refractivity contribution in [3.63, 3.8) is 0 Å². The molecule has 25 heavy (non-hydrogen) atoms. The first-order valence-electron chi connectivity index (χ1n) is 8.37. The first-order chi connectivity index (χ1) is 11.8. The molecule has 1 atom stereocenters. The first kappa shape index (κ1) is 17.3. The molecule has 2 aromatic carbocycles. The van der Waals surface area contributed by atoms with E-state index in [1.807, 2.05) is 38.1 Å². The summed E-state index contributed by atoms with van der Waals surface area (Å²) in [7, 11) is 0. The van der Waals surface area contributed by atoms with Crippen LogP contribution < -0.4 is 10.1 Å². The molecule has 3 rings (SSSR count). The quantitative estimate of drug-likeness (QED) is 0.843. The standard InChI is InChI=1S/C20H22FNO3/c1-4-12-5-7-13(8-6-12)14-10-17-15(9-16(14)21)18(22-19(23)24)20(2,3)11-25-17/h5-10,18,22H,4,11H2,1-3H3,(H,23,24). The van der Waals surface area contributed by atoms with Gasteiger partial charge in [0.05, 0.1) is 12.6 Å². The number of carboxylic acid groups (broad SMARTS) is 1. The van der Waals surface area contributed by atoms with E-state index in [-0.39, 0.29) is 5.82 Å². The van der Waals surface area contributed by atoms with Gasteiger partial charge in [-0.25, -0.2) is 9.18 Å². The van der Waals surface area contributed by atoms with Crippen LogP contribution in [0, 0.1) is 11.2 Å². The second-order valence-corrected chi connectivity index (χ2v) is 7.08. The van der Waals surface area contributed by atoms with E-state index in [1.54, 1.807) is 6.07 Å². The van der Waals surface area contributed by atoms with Gasteiger partial charge in [0, 0.05) is 16.5 Å². The molecule has 0 bridgehead atoms. The SMILES string of the molecule is CCc1ccc(-c2cc3c(cc2F)C(NC(=O)O)C(C)(C)CO3)cc1. The van der Waals surface area contributed by atoms with E-state index in [4.69, 9.17) is 9.84 Å². The van der Waals surface area contributed by atoms with Crippen molar-refractivity contribution in [1.82, 2.24) is 5.32 Å². The van der Waals surface area contributed by atoms with Gasteiger partial charge in [-0.05, 0) is 29.7 Å². The number of hydrogen-bond acceptors (Lipinski definition) is 2. The summed E-state index contributed by atoms with van der Waals surface area (Å²) in [4.78, 5) is 11.2. The van der Waals surface area contributed by atoms with Crippen molar-refractivity contribution in [2.45, 2.75) is 33.2 Å². The Hall–Kier alpha value is -2.56. The largest absolute Gasteiger partial charge is 0.493 e. The van der Waals surface area contributed by atoms with Crippen molar-refractivity contribution in [2.75, 3.05) is 6.61 Å². The second kappa shape index (κ2) is 6.39. The van der Waals surface area contributed by atoms with Gasteiger partial charge in [0.25, 0.3) is 0 Å². The summed E-state index contributed by atoms with van der Waals surface area (Å²) in [6, 6.07) is 10.3. The van der Waals surface area contributed by atoms with Crippen LogP contribution >= 0.6 is 0 Å². The Morgan fingerprint density at radius 3 is 2.60 bits per heavy atom. The summed E-state index contributed by atoms with van der Waals surface area (Å²) in [6.45, 7) is 6.21. The number of nitrogens with one attached hydrogen (secondary N) is 1.